The first kappa shape index (κ1) is 36.9. The maximum absolute atomic E-state index is 9.65. The van der Waals surface area contributed by atoms with Crippen LogP contribution in [0, 0.1) is 20.8 Å². The summed E-state index contributed by atoms with van der Waals surface area (Å²) in [6.07, 6.45) is 13.1. The van der Waals surface area contributed by atoms with Crippen molar-refractivity contribution in [3.63, 3.8) is 0 Å². The Labute approximate surface area is 259 Å². The van der Waals surface area contributed by atoms with E-state index in [1.807, 2.05) is 0 Å². The molecule has 0 atom stereocenters. The van der Waals surface area contributed by atoms with Gasteiger partial charge in [0.15, 0.2) is 0 Å². The Morgan fingerprint density at radius 3 is 1.61 bits per heavy atom. The molecule has 0 radical (unpaired) electrons. The van der Waals surface area contributed by atoms with Crippen LogP contribution < -0.4 is 0 Å². The van der Waals surface area contributed by atoms with Crippen LogP contribution in [0.15, 0.2) is 35.4 Å². The van der Waals surface area contributed by atoms with E-state index in [0.717, 1.165) is 76.2 Å². The van der Waals surface area contributed by atoms with Gasteiger partial charge in [-0.25, -0.2) is 0 Å². The Hall–Kier alpha value is -2.17. The molecule has 0 aliphatic heterocycles. The number of unbranched alkanes of at least 4 members (excludes halogenated alkanes) is 2. The summed E-state index contributed by atoms with van der Waals surface area (Å²) in [5, 5.41) is 0. The molecule has 0 heterocycles. The third kappa shape index (κ3) is 11.2. The molecule has 2 aromatic rings. The number of hydrogen-bond acceptors (Lipinski definition) is 0. The molecule has 3 heteroatoms. The van der Waals surface area contributed by atoms with Gasteiger partial charge in [-0.2, -0.15) is 0 Å². The predicted octanol–water partition coefficient (Wildman–Crippen LogP) is 11.6. The van der Waals surface area contributed by atoms with Gasteiger partial charge >= 0.3 is 32.1 Å². The Morgan fingerprint density at radius 1 is 0.707 bits per heavy atom. The van der Waals surface area contributed by atoms with Crippen molar-refractivity contribution in [3.05, 3.63) is 85.5 Å². The van der Waals surface area contributed by atoms with E-state index in [1.54, 1.807) is 20.0 Å². The molecule has 0 bridgehead atoms. The number of hydrogen-bond donors (Lipinski definition) is 0. The first-order chi connectivity index (χ1) is 19.8. The zero-order chi connectivity index (χ0) is 30.8. The summed E-state index contributed by atoms with van der Waals surface area (Å²) in [5.74, 6) is 7.16. The summed E-state index contributed by atoms with van der Waals surface area (Å²) >= 11 is 1.62. The van der Waals surface area contributed by atoms with Crippen molar-refractivity contribution in [1.29, 1.82) is 0 Å². The van der Waals surface area contributed by atoms with Crippen molar-refractivity contribution in [3.8, 4) is 0 Å². The molecule has 230 valence electrons. The van der Waals surface area contributed by atoms with E-state index in [9.17, 15) is 5.53 Å². The van der Waals surface area contributed by atoms with Crippen LogP contribution in [-0.2, 0) is 33.7 Å². The third-order valence-electron chi connectivity index (χ3n) is 7.89. The molecule has 0 N–H and O–H groups in total. The zero-order valence-electron chi connectivity index (χ0n) is 28.0. The van der Waals surface area contributed by atoms with E-state index in [0.29, 0.717) is 0 Å². The zero-order valence-corrected chi connectivity index (χ0v) is 29.0. The minimum absolute atomic E-state index is 0.879. The van der Waals surface area contributed by atoms with Crippen LogP contribution in [0.2, 0.25) is 11.8 Å². The molecule has 2 rings (SSSR count). The molecule has 0 saturated heterocycles. The quantitative estimate of drug-likeness (QED) is 0.0640. The molecular weight excluding hydrogens is 543 g/mol. The fourth-order valence-electron chi connectivity index (χ4n) is 5.66. The van der Waals surface area contributed by atoms with Crippen LogP contribution in [0.1, 0.15) is 137 Å². The monoisotopic (exact) mass is 600 g/mol. The van der Waals surface area contributed by atoms with Crippen LogP contribution in [0.25, 0.3) is 11.1 Å². The van der Waals surface area contributed by atoms with Gasteiger partial charge in [-0.15, -0.1) is 4.79 Å². The molecule has 0 fully saturated rings. The second-order valence-electron chi connectivity index (χ2n) is 11.3. The van der Waals surface area contributed by atoms with E-state index < -0.39 is 0 Å². The van der Waals surface area contributed by atoms with Crippen LogP contribution in [0.5, 0.6) is 0 Å². The van der Waals surface area contributed by atoms with Gasteiger partial charge in [0.2, 0.25) is 0 Å². The Bertz CT molecular complexity index is 1160. The van der Waals surface area contributed by atoms with Gasteiger partial charge < -0.3 is 5.53 Å². The standard InChI is InChI=1S/C36H52N2.2CH3.Ni/c1-9-14-19-31(25-38-37)35(20-15-10-2)36(32-21-26(6)28(8)27(7)22-32)33-23-29(16-11-3)34(18-13-5)30(24-33)17-12-4;;;/h21-24H,9-20H2,1-8H3;2*1H3;. The first-order valence-electron chi connectivity index (χ1n) is 15.9. The van der Waals surface area contributed by atoms with E-state index in [-0.39, 0.29) is 0 Å². The van der Waals surface area contributed by atoms with Crippen molar-refractivity contribution < 1.29 is 19.2 Å². The maximum atomic E-state index is 9.65. The van der Waals surface area contributed by atoms with Gasteiger partial charge in [0.05, 0.1) is 5.57 Å². The van der Waals surface area contributed by atoms with Crippen molar-refractivity contribution >= 4 is 11.4 Å². The van der Waals surface area contributed by atoms with Crippen LogP contribution in [0.4, 0.5) is 0 Å². The van der Waals surface area contributed by atoms with Crippen molar-refractivity contribution in [2.45, 2.75) is 144 Å². The number of allylic oxidation sites excluding steroid dienone is 2. The van der Waals surface area contributed by atoms with Crippen LogP contribution >= 0.6 is 0 Å². The summed E-state index contributed by atoms with van der Waals surface area (Å²) in [4.78, 5) is 3.45. The molecule has 0 aliphatic carbocycles. The van der Waals surface area contributed by atoms with Gasteiger partial charge in [-0.05, 0) is 121 Å². The third-order valence-corrected chi connectivity index (χ3v) is 7.89. The van der Waals surface area contributed by atoms with Crippen LogP contribution in [-0.4, -0.2) is 10.7 Å². The minimum atomic E-state index is 0.879. The Balaban J connectivity index is 0.00000268. The summed E-state index contributed by atoms with van der Waals surface area (Å²) < 4.78 is 0. The van der Waals surface area contributed by atoms with Gasteiger partial charge in [-0.3, -0.25) is 0 Å². The van der Waals surface area contributed by atoms with Crippen LogP contribution in [0.3, 0.4) is 0 Å². The number of rotatable bonds is 15. The fourth-order valence-corrected chi connectivity index (χ4v) is 5.66. The summed E-state index contributed by atoms with van der Waals surface area (Å²) in [6.45, 7) is 18.0. The van der Waals surface area contributed by atoms with Crippen molar-refractivity contribution in [1.82, 2.24) is 0 Å². The van der Waals surface area contributed by atoms with E-state index >= 15 is 0 Å². The topological polar surface area (TPSA) is 36.4 Å². The molecule has 41 heavy (non-hydrogen) atoms. The van der Waals surface area contributed by atoms with Crippen molar-refractivity contribution in [2.24, 2.45) is 0 Å². The molecule has 0 aromatic heterocycles. The number of aryl methyl sites for hydroxylation is 4. The van der Waals surface area contributed by atoms with Gasteiger partial charge in [0.25, 0.3) is 0 Å². The molecule has 0 unspecified atom stereocenters. The van der Waals surface area contributed by atoms with Gasteiger partial charge in [-0.1, -0.05) is 91.0 Å². The Kier molecular flexibility index (Phi) is 18.6. The van der Waals surface area contributed by atoms with Gasteiger partial charge in [0, 0.05) is 0 Å². The average Bonchev–Trinajstić information content (AvgIpc) is 2.94. The summed E-state index contributed by atoms with van der Waals surface area (Å²) in [6, 6.07) is 9.73. The SMILES string of the molecule is CCCCC(=C=[N+]=[N-])C(CCCC)=C(c1cc(C)c(C)c(C)c1)c1cc(CCC)c(CCC)c(CCC)c1.[CH3][Ni][CH3]. The second kappa shape index (κ2) is 20.7. The fraction of sp³-hybridized carbons (Fsp3) is 0.579. The second-order valence-corrected chi connectivity index (χ2v) is 12.3. The Morgan fingerprint density at radius 2 is 1.17 bits per heavy atom. The van der Waals surface area contributed by atoms with E-state index in [4.69, 9.17) is 0 Å². The molecule has 0 amide bonds. The predicted molar refractivity (Wildman–Crippen MR) is 178 cm³/mol. The summed E-state index contributed by atoms with van der Waals surface area (Å²) in [7, 11) is 0. The van der Waals surface area contributed by atoms with Crippen molar-refractivity contribution in [2.75, 3.05) is 0 Å². The molecule has 0 saturated carbocycles. The summed E-state index contributed by atoms with van der Waals surface area (Å²) in [5.41, 5.74) is 24.5. The molecule has 2 nitrogen and oxygen atoms in total. The number of nitrogens with zero attached hydrogens (tertiary/aromatic N) is 2. The van der Waals surface area contributed by atoms with E-state index in [2.05, 4.69) is 102 Å². The molecule has 0 spiro atoms. The average molecular weight is 602 g/mol. The first-order valence-corrected chi connectivity index (χ1v) is 17.9. The van der Waals surface area contributed by atoms with E-state index in [1.165, 1.54) is 56.5 Å². The molecule has 2 aromatic carbocycles. The molecular formula is C38H58N2Ni. The molecule has 0 aliphatic rings. The number of benzene rings is 2. The normalized spacial score (nSPS) is 11.4. The van der Waals surface area contributed by atoms with Gasteiger partial charge in [0.1, 0.15) is 0 Å².